The van der Waals surface area contributed by atoms with Crippen molar-refractivity contribution in [3.05, 3.63) is 109 Å². The first-order valence-electron chi connectivity index (χ1n) is 11.0. The summed E-state index contributed by atoms with van der Waals surface area (Å²) in [6.07, 6.45) is 6.11. The van der Waals surface area contributed by atoms with Crippen LogP contribution in [0.3, 0.4) is 0 Å². The summed E-state index contributed by atoms with van der Waals surface area (Å²) in [5, 5.41) is 2.84. The molecule has 7 nitrogen and oxygen atoms in total. The Labute approximate surface area is 199 Å². The summed E-state index contributed by atoms with van der Waals surface area (Å²) in [7, 11) is -3.92. The van der Waals surface area contributed by atoms with Gasteiger partial charge in [-0.3, -0.25) is 9.10 Å². The predicted octanol–water partition coefficient (Wildman–Crippen LogP) is 3.95. The number of rotatable bonds is 9. The molecule has 0 unspecified atom stereocenters. The Morgan fingerprint density at radius 3 is 2.24 bits per heavy atom. The second kappa shape index (κ2) is 10.4. The van der Waals surface area contributed by atoms with Crippen molar-refractivity contribution in [3.8, 4) is 5.69 Å². The maximum Gasteiger partial charge on any atom is 0.264 e. The monoisotopic (exact) mass is 474 g/mol. The SMILES string of the molecule is CCc1ccc(N(CC(=O)NCc2ccc(-n3ccnc3)cc2)S(=O)(=O)c2ccccc2)cc1. The normalized spacial score (nSPS) is 11.2. The highest BCUT2D eigenvalue weighted by Gasteiger charge is 2.27. The smallest absolute Gasteiger partial charge is 0.264 e. The molecule has 0 saturated carbocycles. The van der Waals surface area contributed by atoms with Gasteiger partial charge in [-0.05, 0) is 53.9 Å². The van der Waals surface area contributed by atoms with Gasteiger partial charge in [-0.15, -0.1) is 0 Å². The molecule has 0 aliphatic heterocycles. The minimum absolute atomic E-state index is 0.137. The molecule has 0 bridgehead atoms. The molecule has 0 spiro atoms. The van der Waals surface area contributed by atoms with Gasteiger partial charge in [-0.25, -0.2) is 13.4 Å². The van der Waals surface area contributed by atoms with Crippen LogP contribution in [0, 0.1) is 0 Å². The minimum Gasteiger partial charge on any atom is -0.350 e. The van der Waals surface area contributed by atoms with Crippen LogP contribution in [0.25, 0.3) is 5.69 Å². The van der Waals surface area contributed by atoms with Gasteiger partial charge in [-0.1, -0.05) is 49.4 Å². The number of nitrogens with one attached hydrogen (secondary N) is 1. The number of benzene rings is 3. The van der Waals surface area contributed by atoms with Crippen molar-refractivity contribution in [2.75, 3.05) is 10.8 Å². The van der Waals surface area contributed by atoms with Crippen LogP contribution in [0.1, 0.15) is 18.1 Å². The molecule has 1 N–H and O–H groups in total. The lowest BCUT2D eigenvalue weighted by atomic mass is 10.1. The molecule has 0 aliphatic rings. The standard InChI is InChI=1S/C26H26N4O3S/c1-2-21-8-14-24(15-9-21)30(34(32,33)25-6-4-3-5-7-25)19-26(31)28-18-22-10-12-23(13-11-22)29-17-16-27-20-29/h3-17,20H,2,18-19H2,1H3,(H,28,31). The first-order chi connectivity index (χ1) is 16.5. The molecule has 0 aliphatic carbocycles. The molecule has 0 radical (unpaired) electrons. The highest BCUT2D eigenvalue weighted by Crippen LogP contribution is 2.24. The summed E-state index contributed by atoms with van der Waals surface area (Å²) in [6.45, 7) is 2.00. The third-order valence-electron chi connectivity index (χ3n) is 5.48. The molecular weight excluding hydrogens is 448 g/mol. The number of sulfonamides is 1. The molecular formula is C26H26N4O3S. The first kappa shape index (κ1) is 23.3. The van der Waals surface area contributed by atoms with E-state index < -0.39 is 15.9 Å². The second-order valence-corrected chi connectivity index (χ2v) is 9.62. The number of carbonyl (C=O) groups is 1. The van der Waals surface area contributed by atoms with E-state index in [4.69, 9.17) is 0 Å². The average molecular weight is 475 g/mol. The molecule has 8 heteroatoms. The van der Waals surface area contributed by atoms with Gasteiger partial charge in [0.1, 0.15) is 6.54 Å². The molecule has 0 fully saturated rings. The van der Waals surface area contributed by atoms with Gasteiger partial charge in [0.05, 0.1) is 16.9 Å². The molecule has 4 aromatic rings. The van der Waals surface area contributed by atoms with Gasteiger partial charge in [0.25, 0.3) is 10.0 Å². The lowest BCUT2D eigenvalue weighted by Crippen LogP contribution is -2.40. The number of aryl methyl sites for hydroxylation is 1. The molecule has 1 heterocycles. The van der Waals surface area contributed by atoms with Crippen molar-refractivity contribution in [2.24, 2.45) is 0 Å². The summed E-state index contributed by atoms with van der Waals surface area (Å²) in [5.41, 5.74) is 3.40. The summed E-state index contributed by atoms with van der Waals surface area (Å²) in [6, 6.07) is 23.1. The van der Waals surface area contributed by atoms with Crippen molar-refractivity contribution in [1.82, 2.24) is 14.9 Å². The first-order valence-corrected chi connectivity index (χ1v) is 12.4. The van der Waals surface area contributed by atoms with E-state index in [1.165, 1.54) is 12.1 Å². The molecule has 1 amide bonds. The summed E-state index contributed by atoms with van der Waals surface area (Å²) >= 11 is 0. The van der Waals surface area contributed by atoms with Crippen LogP contribution in [0.5, 0.6) is 0 Å². The summed E-state index contributed by atoms with van der Waals surface area (Å²) in [5.74, 6) is -0.391. The van der Waals surface area contributed by atoms with E-state index in [0.717, 1.165) is 27.5 Å². The van der Waals surface area contributed by atoms with Crippen molar-refractivity contribution in [2.45, 2.75) is 24.8 Å². The van der Waals surface area contributed by atoms with Crippen LogP contribution in [0.4, 0.5) is 5.69 Å². The van der Waals surface area contributed by atoms with E-state index in [-0.39, 0.29) is 18.0 Å². The average Bonchev–Trinajstić information content (AvgIpc) is 3.42. The topological polar surface area (TPSA) is 84.3 Å². The molecule has 1 aromatic heterocycles. The van der Waals surface area contributed by atoms with Crippen molar-refractivity contribution in [1.29, 1.82) is 0 Å². The number of amides is 1. The van der Waals surface area contributed by atoms with Gasteiger partial charge < -0.3 is 9.88 Å². The molecule has 174 valence electrons. The van der Waals surface area contributed by atoms with Crippen LogP contribution in [0.15, 0.2) is 102 Å². The number of aromatic nitrogens is 2. The van der Waals surface area contributed by atoms with Gasteiger partial charge in [0.2, 0.25) is 5.91 Å². The Hall–Kier alpha value is -3.91. The van der Waals surface area contributed by atoms with Gasteiger partial charge >= 0.3 is 0 Å². The Morgan fingerprint density at radius 2 is 1.62 bits per heavy atom. The zero-order valence-electron chi connectivity index (χ0n) is 18.8. The maximum absolute atomic E-state index is 13.4. The van der Waals surface area contributed by atoms with E-state index in [1.54, 1.807) is 42.9 Å². The fourth-order valence-electron chi connectivity index (χ4n) is 3.52. The molecule has 0 atom stereocenters. The zero-order chi connectivity index (χ0) is 24.0. The molecule has 0 saturated heterocycles. The van der Waals surface area contributed by atoms with E-state index in [1.807, 2.05) is 54.1 Å². The lowest BCUT2D eigenvalue weighted by Gasteiger charge is -2.24. The maximum atomic E-state index is 13.4. The summed E-state index contributed by atoms with van der Waals surface area (Å²) < 4.78 is 29.8. The van der Waals surface area contributed by atoms with Crippen LogP contribution < -0.4 is 9.62 Å². The van der Waals surface area contributed by atoms with Crippen molar-refractivity contribution >= 4 is 21.6 Å². The van der Waals surface area contributed by atoms with Crippen molar-refractivity contribution in [3.63, 3.8) is 0 Å². The van der Waals surface area contributed by atoms with Crippen molar-refractivity contribution < 1.29 is 13.2 Å². The summed E-state index contributed by atoms with van der Waals surface area (Å²) in [4.78, 5) is 17.0. The van der Waals surface area contributed by atoms with E-state index in [9.17, 15) is 13.2 Å². The number of hydrogen-bond donors (Lipinski definition) is 1. The van der Waals surface area contributed by atoms with Gasteiger partial charge in [0, 0.05) is 24.6 Å². The number of anilines is 1. The minimum atomic E-state index is -3.92. The Balaban J connectivity index is 1.49. The van der Waals surface area contributed by atoms with Gasteiger partial charge in [0.15, 0.2) is 0 Å². The van der Waals surface area contributed by atoms with Crippen LogP contribution in [-0.2, 0) is 27.8 Å². The quantitative estimate of drug-likeness (QED) is 0.398. The third kappa shape index (κ3) is 5.35. The fraction of sp³-hybridized carbons (Fsp3) is 0.154. The Bertz CT molecular complexity index is 1320. The Morgan fingerprint density at radius 1 is 0.941 bits per heavy atom. The molecule has 3 aromatic carbocycles. The highest BCUT2D eigenvalue weighted by atomic mass is 32.2. The fourth-order valence-corrected chi connectivity index (χ4v) is 4.96. The zero-order valence-corrected chi connectivity index (χ0v) is 19.7. The number of nitrogens with zero attached hydrogens (tertiary/aromatic N) is 3. The van der Waals surface area contributed by atoms with Crippen LogP contribution >= 0.6 is 0 Å². The van der Waals surface area contributed by atoms with Crippen LogP contribution in [0.2, 0.25) is 0 Å². The second-order valence-electron chi connectivity index (χ2n) is 7.76. The Kier molecular flexibility index (Phi) is 7.08. The number of imidazole rings is 1. The van der Waals surface area contributed by atoms with Crippen LogP contribution in [-0.4, -0.2) is 30.4 Å². The largest absolute Gasteiger partial charge is 0.350 e. The highest BCUT2D eigenvalue weighted by molar-refractivity contribution is 7.92. The lowest BCUT2D eigenvalue weighted by molar-refractivity contribution is -0.119. The number of hydrogen-bond acceptors (Lipinski definition) is 4. The number of carbonyl (C=O) groups excluding carboxylic acids is 1. The molecule has 4 rings (SSSR count). The van der Waals surface area contributed by atoms with Gasteiger partial charge in [-0.2, -0.15) is 0 Å². The molecule has 34 heavy (non-hydrogen) atoms. The predicted molar refractivity (Wildman–Crippen MR) is 132 cm³/mol. The van der Waals surface area contributed by atoms with E-state index in [0.29, 0.717) is 5.69 Å². The van der Waals surface area contributed by atoms with E-state index >= 15 is 0 Å². The van der Waals surface area contributed by atoms with E-state index in [2.05, 4.69) is 10.3 Å². The third-order valence-corrected chi connectivity index (χ3v) is 7.27.